The highest BCUT2D eigenvalue weighted by molar-refractivity contribution is 7.19. The van der Waals surface area contributed by atoms with E-state index < -0.39 is 0 Å². The molecule has 5 rings (SSSR count). The Hall–Kier alpha value is -3.17. The van der Waals surface area contributed by atoms with Crippen molar-refractivity contribution in [3.63, 3.8) is 0 Å². The first-order valence-corrected chi connectivity index (χ1v) is 12.0. The van der Waals surface area contributed by atoms with Gasteiger partial charge < -0.3 is 19.3 Å². The molecule has 0 radical (unpaired) electrons. The molecular weight excluding hydrogens is 460 g/mol. The zero-order valence-corrected chi connectivity index (χ0v) is 19.4. The van der Waals surface area contributed by atoms with E-state index in [1.807, 2.05) is 42.7 Å². The van der Waals surface area contributed by atoms with Crippen LogP contribution in [0.5, 0.6) is 0 Å². The highest BCUT2D eigenvalue weighted by atomic mass is 35.5. The van der Waals surface area contributed by atoms with Crippen LogP contribution in [0.3, 0.4) is 0 Å². The van der Waals surface area contributed by atoms with E-state index in [1.165, 1.54) is 17.0 Å². The Morgan fingerprint density at radius 1 is 1.18 bits per heavy atom. The Balaban J connectivity index is 1.14. The molecule has 0 spiro atoms. The lowest BCUT2D eigenvalue weighted by molar-refractivity contribution is 0.0930. The third kappa shape index (κ3) is 5.09. The molecule has 8 nitrogen and oxygen atoms in total. The molecule has 1 saturated heterocycles. The number of nitrogens with zero attached hydrogens (tertiary/aromatic N) is 5. The Morgan fingerprint density at radius 3 is 2.76 bits per heavy atom. The zero-order valence-electron chi connectivity index (χ0n) is 17.9. The lowest BCUT2D eigenvalue weighted by Crippen LogP contribution is -2.39. The van der Waals surface area contributed by atoms with E-state index in [0.717, 1.165) is 30.8 Å². The molecule has 1 aliphatic rings. The standard InChI is InChI=1S/C23H23ClN6O2S/c24-21-2-1-20(33-21)19-13-17(28-32-19)15-30-12-9-26-22(30)23(31)27-14-16-5-10-29(11-6-16)18-3-7-25-8-4-18/h1-4,7-9,12-13,16H,5-6,10-11,14-15H2,(H,27,31). The molecule has 5 heterocycles. The first-order chi connectivity index (χ1) is 16.2. The number of imidazole rings is 1. The summed E-state index contributed by atoms with van der Waals surface area (Å²) in [6.45, 7) is 2.99. The van der Waals surface area contributed by atoms with Gasteiger partial charge in [0.15, 0.2) is 11.6 Å². The third-order valence-electron chi connectivity index (χ3n) is 5.82. The number of carbonyl (C=O) groups is 1. The topological polar surface area (TPSA) is 89.1 Å². The predicted molar refractivity (Wildman–Crippen MR) is 128 cm³/mol. The van der Waals surface area contributed by atoms with Crippen LogP contribution in [0.15, 0.2) is 59.6 Å². The summed E-state index contributed by atoms with van der Waals surface area (Å²) < 4.78 is 7.92. The molecule has 0 aliphatic carbocycles. The van der Waals surface area contributed by atoms with Crippen molar-refractivity contribution in [2.45, 2.75) is 19.4 Å². The van der Waals surface area contributed by atoms with Gasteiger partial charge in [0.25, 0.3) is 5.91 Å². The molecule has 0 unspecified atom stereocenters. The maximum atomic E-state index is 12.8. The van der Waals surface area contributed by atoms with Crippen LogP contribution in [0.1, 0.15) is 29.2 Å². The summed E-state index contributed by atoms with van der Waals surface area (Å²) in [5.74, 6) is 1.30. The molecule has 1 fully saturated rings. The van der Waals surface area contributed by atoms with Crippen molar-refractivity contribution >= 4 is 34.5 Å². The second-order valence-electron chi connectivity index (χ2n) is 8.01. The number of aromatic nitrogens is 4. The second-order valence-corrected chi connectivity index (χ2v) is 9.73. The summed E-state index contributed by atoms with van der Waals surface area (Å²) in [4.78, 5) is 24.4. The van der Waals surface area contributed by atoms with E-state index >= 15 is 0 Å². The van der Waals surface area contributed by atoms with Crippen molar-refractivity contribution in [3.05, 3.63) is 71.0 Å². The maximum Gasteiger partial charge on any atom is 0.287 e. The summed E-state index contributed by atoms with van der Waals surface area (Å²) in [5.41, 5.74) is 1.91. The number of pyridine rings is 1. The minimum Gasteiger partial charge on any atom is -0.371 e. The zero-order chi connectivity index (χ0) is 22.6. The maximum absolute atomic E-state index is 12.8. The number of anilines is 1. The van der Waals surface area contributed by atoms with Crippen molar-refractivity contribution in [2.24, 2.45) is 5.92 Å². The van der Waals surface area contributed by atoms with Gasteiger partial charge in [0, 0.05) is 56.2 Å². The van der Waals surface area contributed by atoms with Gasteiger partial charge in [-0.2, -0.15) is 0 Å². The summed E-state index contributed by atoms with van der Waals surface area (Å²) >= 11 is 7.44. The number of nitrogens with one attached hydrogen (secondary N) is 1. The summed E-state index contributed by atoms with van der Waals surface area (Å²) in [6, 6.07) is 9.66. The molecule has 0 saturated carbocycles. The van der Waals surface area contributed by atoms with Crippen molar-refractivity contribution < 1.29 is 9.32 Å². The van der Waals surface area contributed by atoms with E-state index in [2.05, 4.69) is 25.3 Å². The van der Waals surface area contributed by atoms with Gasteiger partial charge in [0.2, 0.25) is 0 Å². The molecule has 0 aromatic carbocycles. The smallest absolute Gasteiger partial charge is 0.287 e. The van der Waals surface area contributed by atoms with Crippen LogP contribution in [-0.2, 0) is 6.54 Å². The fraction of sp³-hybridized carbons (Fsp3) is 0.304. The van der Waals surface area contributed by atoms with E-state index in [9.17, 15) is 4.79 Å². The fourth-order valence-electron chi connectivity index (χ4n) is 4.04. The average molecular weight is 483 g/mol. The van der Waals surface area contributed by atoms with Gasteiger partial charge >= 0.3 is 0 Å². The molecule has 1 aliphatic heterocycles. The van der Waals surface area contributed by atoms with Crippen LogP contribution in [0.2, 0.25) is 4.34 Å². The number of piperidine rings is 1. The van der Waals surface area contributed by atoms with Crippen LogP contribution in [0, 0.1) is 5.92 Å². The normalized spacial score (nSPS) is 14.5. The number of hydrogen-bond donors (Lipinski definition) is 1. The lowest BCUT2D eigenvalue weighted by atomic mass is 9.96. The van der Waals surface area contributed by atoms with Crippen molar-refractivity contribution in [3.8, 4) is 10.6 Å². The molecular formula is C23H23ClN6O2S. The second kappa shape index (κ2) is 9.76. The highest BCUT2D eigenvalue weighted by Crippen LogP contribution is 2.31. The van der Waals surface area contributed by atoms with E-state index in [1.54, 1.807) is 17.0 Å². The van der Waals surface area contributed by atoms with Gasteiger partial charge in [-0.3, -0.25) is 9.78 Å². The van der Waals surface area contributed by atoms with Gasteiger partial charge in [-0.25, -0.2) is 4.98 Å². The summed E-state index contributed by atoms with van der Waals surface area (Å²) in [5, 5.41) is 7.19. The Kier molecular flexibility index (Phi) is 6.41. The molecule has 4 aromatic rings. The Morgan fingerprint density at radius 2 is 2.00 bits per heavy atom. The number of rotatable bonds is 7. The number of amides is 1. The molecule has 1 N–H and O–H groups in total. The average Bonchev–Trinajstić information content (AvgIpc) is 3.60. The largest absolute Gasteiger partial charge is 0.371 e. The first kappa shape index (κ1) is 21.7. The van der Waals surface area contributed by atoms with Crippen molar-refractivity contribution in [2.75, 3.05) is 24.5 Å². The molecule has 4 aromatic heterocycles. The fourth-order valence-corrected chi connectivity index (χ4v) is 5.03. The molecule has 0 bridgehead atoms. The number of halogens is 1. The predicted octanol–water partition coefficient (Wildman–Crippen LogP) is 4.34. The van der Waals surface area contributed by atoms with E-state index in [-0.39, 0.29) is 5.91 Å². The number of hydrogen-bond acceptors (Lipinski definition) is 7. The molecule has 33 heavy (non-hydrogen) atoms. The minimum absolute atomic E-state index is 0.176. The van der Waals surface area contributed by atoms with Crippen LogP contribution >= 0.6 is 22.9 Å². The quantitative estimate of drug-likeness (QED) is 0.421. The van der Waals surface area contributed by atoms with Crippen LogP contribution in [0.4, 0.5) is 5.69 Å². The number of carbonyl (C=O) groups excluding carboxylic acids is 1. The number of thiophene rings is 1. The van der Waals surface area contributed by atoms with Crippen LogP contribution in [0.25, 0.3) is 10.6 Å². The lowest BCUT2D eigenvalue weighted by Gasteiger charge is -2.33. The third-order valence-corrected chi connectivity index (χ3v) is 7.07. The Bertz CT molecular complexity index is 1210. The minimum atomic E-state index is -0.176. The van der Waals surface area contributed by atoms with Crippen molar-refractivity contribution in [1.82, 2.24) is 25.0 Å². The molecule has 0 atom stereocenters. The molecule has 10 heteroatoms. The van der Waals surface area contributed by atoms with Gasteiger partial charge in [-0.15, -0.1) is 11.3 Å². The van der Waals surface area contributed by atoms with Gasteiger partial charge in [0.05, 0.1) is 15.8 Å². The molecule has 170 valence electrons. The van der Waals surface area contributed by atoms with E-state index in [4.69, 9.17) is 16.1 Å². The monoisotopic (exact) mass is 482 g/mol. The summed E-state index contributed by atoms with van der Waals surface area (Å²) in [6.07, 6.45) is 9.11. The van der Waals surface area contributed by atoms with Crippen molar-refractivity contribution in [1.29, 1.82) is 0 Å². The SMILES string of the molecule is O=C(NCC1CCN(c2ccncc2)CC1)c1nccn1Cc1cc(-c2ccc(Cl)s2)on1. The first-order valence-electron chi connectivity index (χ1n) is 10.8. The highest BCUT2D eigenvalue weighted by Gasteiger charge is 2.21. The van der Waals surface area contributed by atoms with Gasteiger partial charge in [0.1, 0.15) is 5.69 Å². The summed E-state index contributed by atoms with van der Waals surface area (Å²) in [7, 11) is 0. The van der Waals surface area contributed by atoms with Gasteiger partial charge in [-0.1, -0.05) is 16.8 Å². The van der Waals surface area contributed by atoms with Gasteiger partial charge in [-0.05, 0) is 43.0 Å². The van der Waals surface area contributed by atoms with E-state index in [0.29, 0.717) is 40.6 Å². The Labute approximate surface area is 200 Å². The van der Waals surface area contributed by atoms with Crippen LogP contribution < -0.4 is 10.2 Å². The molecule has 1 amide bonds. The van der Waals surface area contributed by atoms with Crippen LogP contribution in [-0.4, -0.2) is 45.2 Å².